The molecule has 0 atom stereocenters. The summed E-state index contributed by atoms with van der Waals surface area (Å²) in [5.41, 5.74) is 4.34. The minimum Gasteiger partial charge on any atom is -0.484 e. The zero-order valence-corrected chi connectivity index (χ0v) is 18.4. The number of nitrogens with zero attached hydrogens (tertiary/aromatic N) is 1. The molecule has 1 aromatic heterocycles. The second-order valence-electron chi connectivity index (χ2n) is 7.66. The molecule has 0 bridgehead atoms. The van der Waals surface area contributed by atoms with Crippen LogP contribution in [0.4, 0.5) is 0 Å². The van der Waals surface area contributed by atoms with Crippen LogP contribution < -0.4 is 10.2 Å². The molecule has 0 spiro atoms. The van der Waals surface area contributed by atoms with Gasteiger partial charge in [0, 0.05) is 5.56 Å². The molecule has 0 aliphatic heterocycles. The standard InChI is InChI=1S/C23H22Cl2N2O3/c1-23(2,3)15-7-9-16(10-8-15)29-14-21(28)27-26-13-17-11-12-20(30-17)18-5-4-6-19(24)22(18)25/h4-13H,14H2,1-3H3,(H,27,28)/b26-13-. The van der Waals surface area contributed by atoms with Crippen molar-refractivity contribution in [2.24, 2.45) is 5.10 Å². The van der Waals surface area contributed by atoms with E-state index < -0.39 is 0 Å². The van der Waals surface area contributed by atoms with Gasteiger partial charge in [-0.2, -0.15) is 5.10 Å². The molecule has 1 N–H and O–H groups in total. The van der Waals surface area contributed by atoms with Gasteiger partial charge in [-0.15, -0.1) is 0 Å². The normalized spacial score (nSPS) is 11.6. The highest BCUT2D eigenvalue weighted by molar-refractivity contribution is 6.43. The lowest BCUT2D eigenvalue weighted by molar-refractivity contribution is -0.123. The smallest absolute Gasteiger partial charge is 0.277 e. The quantitative estimate of drug-likeness (QED) is 0.370. The highest BCUT2D eigenvalue weighted by Gasteiger charge is 2.13. The van der Waals surface area contributed by atoms with Crippen molar-refractivity contribution in [1.29, 1.82) is 0 Å². The predicted octanol–water partition coefficient (Wildman–Crippen LogP) is 6.08. The summed E-state index contributed by atoms with van der Waals surface area (Å²) < 4.78 is 11.2. The molecule has 2 aromatic carbocycles. The third-order valence-electron chi connectivity index (χ3n) is 4.32. The molecule has 0 radical (unpaired) electrons. The average molecular weight is 445 g/mol. The summed E-state index contributed by atoms with van der Waals surface area (Å²) in [6.07, 6.45) is 1.40. The Hall–Kier alpha value is -2.76. The van der Waals surface area contributed by atoms with Crippen molar-refractivity contribution in [2.45, 2.75) is 26.2 Å². The van der Waals surface area contributed by atoms with Crippen molar-refractivity contribution in [2.75, 3.05) is 6.61 Å². The third-order valence-corrected chi connectivity index (χ3v) is 5.13. The van der Waals surface area contributed by atoms with E-state index in [0.29, 0.717) is 32.9 Å². The van der Waals surface area contributed by atoms with Crippen LogP contribution in [0.3, 0.4) is 0 Å². The van der Waals surface area contributed by atoms with Gasteiger partial charge in [0.15, 0.2) is 6.61 Å². The summed E-state index contributed by atoms with van der Waals surface area (Å²) in [5, 5.41) is 4.75. The summed E-state index contributed by atoms with van der Waals surface area (Å²) >= 11 is 12.2. The van der Waals surface area contributed by atoms with Gasteiger partial charge in [-0.05, 0) is 47.4 Å². The second-order valence-corrected chi connectivity index (χ2v) is 8.44. The number of carbonyl (C=O) groups excluding carboxylic acids is 1. The number of hydrazone groups is 1. The number of benzene rings is 2. The number of hydrogen-bond donors (Lipinski definition) is 1. The molecule has 0 saturated heterocycles. The Kier molecular flexibility index (Phi) is 6.85. The summed E-state index contributed by atoms with van der Waals surface area (Å²) in [7, 11) is 0. The zero-order valence-electron chi connectivity index (χ0n) is 16.9. The monoisotopic (exact) mass is 444 g/mol. The Morgan fingerprint density at radius 2 is 1.83 bits per heavy atom. The van der Waals surface area contributed by atoms with Gasteiger partial charge in [0.25, 0.3) is 5.91 Å². The molecular formula is C23H22Cl2N2O3. The number of hydrogen-bond acceptors (Lipinski definition) is 4. The van der Waals surface area contributed by atoms with Crippen molar-refractivity contribution in [3.8, 4) is 17.1 Å². The highest BCUT2D eigenvalue weighted by atomic mass is 35.5. The van der Waals surface area contributed by atoms with E-state index >= 15 is 0 Å². The Balaban J connectivity index is 1.51. The average Bonchev–Trinajstić information content (AvgIpc) is 3.17. The number of carbonyl (C=O) groups is 1. The number of halogens is 2. The fourth-order valence-electron chi connectivity index (χ4n) is 2.66. The Morgan fingerprint density at radius 1 is 1.10 bits per heavy atom. The molecule has 0 aliphatic rings. The minimum atomic E-state index is -0.379. The molecule has 5 nitrogen and oxygen atoms in total. The molecule has 0 saturated carbocycles. The van der Waals surface area contributed by atoms with E-state index in [1.807, 2.05) is 24.3 Å². The lowest BCUT2D eigenvalue weighted by Gasteiger charge is -2.19. The SMILES string of the molecule is CC(C)(C)c1ccc(OCC(=O)N/N=C\c2ccc(-c3cccc(Cl)c3Cl)o2)cc1. The lowest BCUT2D eigenvalue weighted by Crippen LogP contribution is -2.24. The molecule has 7 heteroatoms. The minimum absolute atomic E-state index is 0.0639. The summed E-state index contributed by atoms with van der Waals surface area (Å²) in [6, 6.07) is 16.5. The first-order valence-electron chi connectivity index (χ1n) is 9.33. The molecule has 3 rings (SSSR count). The van der Waals surface area contributed by atoms with Gasteiger partial charge in [0.1, 0.15) is 17.3 Å². The fraction of sp³-hybridized carbons (Fsp3) is 0.217. The molecule has 0 fully saturated rings. The van der Waals surface area contributed by atoms with E-state index in [1.54, 1.807) is 30.3 Å². The van der Waals surface area contributed by atoms with E-state index in [4.69, 9.17) is 32.4 Å². The van der Waals surface area contributed by atoms with Crippen molar-refractivity contribution in [3.63, 3.8) is 0 Å². The lowest BCUT2D eigenvalue weighted by atomic mass is 9.87. The predicted molar refractivity (Wildman–Crippen MR) is 121 cm³/mol. The van der Waals surface area contributed by atoms with E-state index in [9.17, 15) is 4.79 Å². The van der Waals surface area contributed by atoms with Crippen LogP contribution in [0, 0.1) is 0 Å². The van der Waals surface area contributed by atoms with Gasteiger partial charge in [-0.25, -0.2) is 5.43 Å². The van der Waals surface area contributed by atoms with Gasteiger partial charge in [-0.3, -0.25) is 4.79 Å². The second kappa shape index (κ2) is 9.37. The number of rotatable bonds is 6. The Labute approximate surface area is 185 Å². The highest BCUT2D eigenvalue weighted by Crippen LogP contribution is 2.34. The first kappa shape index (κ1) is 21.9. The summed E-state index contributed by atoms with van der Waals surface area (Å²) in [4.78, 5) is 11.9. The van der Waals surface area contributed by atoms with Gasteiger partial charge < -0.3 is 9.15 Å². The maximum Gasteiger partial charge on any atom is 0.277 e. The van der Waals surface area contributed by atoms with Gasteiger partial charge >= 0.3 is 0 Å². The van der Waals surface area contributed by atoms with Crippen LogP contribution in [0.1, 0.15) is 32.1 Å². The van der Waals surface area contributed by atoms with Gasteiger partial charge in [0.2, 0.25) is 0 Å². The molecule has 1 amide bonds. The summed E-state index contributed by atoms with van der Waals surface area (Å²) in [5.74, 6) is 1.25. The first-order chi connectivity index (χ1) is 14.2. The van der Waals surface area contributed by atoms with Crippen LogP contribution in [0.15, 0.2) is 64.1 Å². The van der Waals surface area contributed by atoms with E-state index in [2.05, 4.69) is 31.3 Å². The van der Waals surface area contributed by atoms with Crippen LogP contribution in [0.25, 0.3) is 11.3 Å². The summed E-state index contributed by atoms with van der Waals surface area (Å²) in [6.45, 7) is 6.27. The number of ether oxygens (including phenoxy) is 1. The number of furan rings is 1. The van der Waals surface area contributed by atoms with Gasteiger partial charge in [-0.1, -0.05) is 62.2 Å². The van der Waals surface area contributed by atoms with Crippen molar-refractivity contribution < 1.29 is 13.9 Å². The molecule has 156 valence electrons. The van der Waals surface area contributed by atoms with Crippen LogP contribution in [-0.4, -0.2) is 18.7 Å². The van der Waals surface area contributed by atoms with E-state index in [1.165, 1.54) is 11.8 Å². The number of nitrogens with one attached hydrogen (secondary N) is 1. The fourth-order valence-corrected chi connectivity index (χ4v) is 3.05. The zero-order chi connectivity index (χ0) is 21.7. The molecule has 0 aliphatic carbocycles. The molecule has 30 heavy (non-hydrogen) atoms. The topological polar surface area (TPSA) is 63.8 Å². The maximum absolute atomic E-state index is 11.9. The molecule has 0 unspecified atom stereocenters. The van der Waals surface area contributed by atoms with Crippen LogP contribution in [0.5, 0.6) is 5.75 Å². The van der Waals surface area contributed by atoms with E-state index in [-0.39, 0.29) is 17.9 Å². The number of amides is 1. The van der Waals surface area contributed by atoms with Crippen LogP contribution in [-0.2, 0) is 10.2 Å². The maximum atomic E-state index is 11.9. The Bertz CT molecular complexity index is 1050. The molecular weight excluding hydrogens is 423 g/mol. The largest absolute Gasteiger partial charge is 0.484 e. The van der Waals surface area contributed by atoms with Crippen molar-refractivity contribution >= 4 is 35.3 Å². The molecule has 1 heterocycles. The third kappa shape index (κ3) is 5.65. The van der Waals surface area contributed by atoms with Crippen LogP contribution in [0.2, 0.25) is 10.0 Å². The van der Waals surface area contributed by atoms with E-state index in [0.717, 1.165) is 0 Å². The Morgan fingerprint density at radius 3 is 2.53 bits per heavy atom. The van der Waals surface area contributed by atoms with Crippen molar-refractivity contribution in [1.82, 2.24) is 5.43 Å². The van der Waals surface area contributed by atoms with Gasteiger partial charge in [0.05, 0.1) is 16.3 Å². The van der Waals surface area contributed by atoms with Crippen LogP contribution >= 0.6 is 23.2 Å². The molecule has 3 aromatic rings. The van der Waals surface area contributed by atoms with Crippen molar-refractivity contribution in [3.05, 3.63) is 76.0 Å². The first-order valence-corrected chi connectivity index (χ1v) is 10.1.